The molecular weight excluding hydrogens is 340 g/mol. The molecule has 146 valence electrons. The number of nitrogens with one attached hydrogen (secondary N) is 1. The Morgan fingerprint density at radius 1 is 1.15 bits per heavy atom. The van der Waals surface area contributed by atoms with Crippen LogP contribution in [0.5, 0.6) is 0 Å². The molecule has 0 spiro atoms. The number of ether oxygens (including phenoxy) is 1. The SMILES string of the molecule is Cc1nn(C)c(C)c1CNCc1ccc(C(=O)N2CC(C)OC(C)C2)cc1. The van der Waals surface area contributed by atoms with Crippen molar-refractivity contribution in [2.24, 2.45) is 7.05 Å². The number of hydrogen-bond donors (Lipinski definition) is 1. The van der Waals surface area contributed by atoms with E-state index in [4.69, 9.17) is 4.74 Å². The number of carbonyl (C=O) groups is 1. The lowest BCUT2D eigenvalue weighted by Gasteiger charge is -2.35. The van der Waals surface area contributed by atoms with Crippen LogP contribution >= 0.6 is 0 Å². The highest BCUT2D eigenvalue weighted by Gasteiger charge is 2.26. The van der Waals surface area contributed by atoms with Crippen LogP contribution in [-0.2, 0) is 24.9 Å². The number of aromatic nitrogens is 2. The number of nitrogens with zero attached hydrogens (tertiary/aromatic N) is 3. The summed E-state index contributed by atoms with van der Waals surface area (Å²) in [6.45, 7) is 11.0. The monoisotopic (exact) mass is 370 g/mol. The van der Waals surface area contributed by atoms with Gasteiger partial charge in [-0.05, 0) is 45.4 Å². The fourth-order valence-electron chi connectivity index (χ4n) is 3.70. The quantitative estimate of drug-likeness (QED) is 0.879. The molecule has 2 unspecified atom stereocenters. The van der Waals surface area contributed by atoms with Gasteiger partial charge in [-0.25, -0.2) is 0 Å². The van der Waals surface area contributed by atoms with Crippen molar-refractivity contribution in [1.29, 1.82) is 0 Å². The zero-order chi connectivity index (χ0) is 19.6. The molecule has 27 heavy (non-hydrogen) atoms. The average Bonchev–Trinajstić information content (AvgIpc) is 2.87. The number of benzene rings is 1. The largest absolute Gasteiger partial charge is 0.372 e. The van der Waals surface area contributed by atoms with E-state index in [1.807, 2.05) is 61.7 Å². The summed E-state index contributed by atoms with van der Waals surface area (Å²) < 4.78 is 7.63. The van der Waals surface area contributed by atoms with E-state index >= 15 is 0 Å². The minimum atomic E-state index is 0.0816. The van der Waals surface area contributed by atoms with Gasteiger partial charge in [0.25, 0.3) is 5.91 Å². The molecule has 2 heterocycles. The average molecular weight is 370 g/mol. The highest BCUT2D eigenvalue weighted by Crippen LogP contribution is 2.15. The molecule has 1 aliphatic rings. The summed E-state index contributed by atoms with van der Waals surface area (Å²) in [4.78, 5) is 14.6. The molecule has 1 aromatic heterocycles. The molecule has 0 radical (unpaired) electrons. The maximum Gasteiger partial charge on any atom is 0.254 e. The van der Waals surface area contributed by atoms with E-state index in [1.54, 1.807) is 0 Å². The Morgan fingerprint density at radius 2 is 1.78 bits per heavy atom. The number of hydrogen-bond acceptors (Lipinski definition) is 4. The van der Waals surface area contributed by atoms with Crippen LogP contribution in [0.15, 0.2) is 24.3 Å². The van der Waals surface area contributed by atoms with Crippen LogP contribution in [0.1, 0.15) is 46.7 Å². The molecule has 2 atom stereocenters. The van der Waals surface area contributed by atoms with Crippen LogP contribution in [0.4, 0.5) is 0 Å². The Hall–Kier alpha value is -2.18. The van der Waals surface area contributed by atoms with Crippen LogP contribution in [0, 0.1) is 13.8 Å². The standard InChI is InChI=1S/C21H30N4O2/c1-14-12-25(13-15(2)27-14)21(26)19-8-6-18(7-9-19)10-22-11-20-16(3)23-24(5)17(20)4/h6-9,14-15,22H,10-13H2,1-5H3. The highest BCUT2D eigenvalue weighted by atomic mass is 16.5. The second-order valence-corrected chi connectivity index (χ2v) is 7.54. The van der Waals surface area contributed by atoms with E-state index < -0.39 is 0 Å². The Labute approximate surface area is 161 Å². The molecule has 0 bridgehead atoms. The van der Waals surface area contributed by atoms with Gasteiger partial charge in [0.2, 0.25) is 0 Å². The second kappa shape index (κ2) is 8.23. The third-order valence-corrected chi connectivity index (χ3v) is 5.20. The van der Waals surface area contributed by atoms with Crippen molar-refractivity contribution in [2.75, 3.05) is 13.1 Å². The van der Waals surface area contributed by atoms with E-state index in [0.29, 0.717) is 13.1 Å². The van der Waals surface area contributed by atoms with Crippen LogP contribution in [0.25, 0.3) is 0 Å². The molecule has 0 aliphatic carbocycles. The summed E-state index contributed by atoms with van der Waals surface area (Å²) in [6.07, 6.45) is 0.168. The minimum Gasteiger partial charge on any atom is -0.372 e. The van der Waals surface area contributed by atoms with Crippen molar-refractivity contribution in [3.63, 3.8) is 0 Å². The van der Waals surface area contributed by atoms with Crippen molar-refractivity contribution in [3.8, 4) is 0 Å². The molecule has 0 saturated carbocycles. The minimum absolute atomic E-state index is 0.0816. The van der Waals surface area contributed by atoms with Crippen LogP contribution in [0.2, 0.25) is 0 Å². The van der Waals surface area contributed by atoms with Gasteiger partial charge in [-0.1, -0.05) is 12.1 Å². The summed E-state index contributed by atoms with van der Waals surface area (Å²) >= 11 is 0. The topological polar surface area (TPSA) is 59.4 Å². The molecule has 1 N–H and O–H groups in total. The van der Waals surface area contributed by atoms with Gasteiger partial charge in [0.05, 0.1) is 17.9 Å². The van der Waals surface area contributed by atoms with E-state index in [9.17, 15) is 4.79 Å². The van der Waals surface area contributed by atoms with Gasteiger partial charge in [-0.2, -0.15) is 5.10 Å². The number of amides is 1. The van der Waals surface area contributed by atoms with Gasteiger partial charge in [0.1, 0.15) is 0 Å². The molecule has 3 rings (SSSR count). The third kappa shape index (κ3) is 4.57. The van der Waals surface area contributed by atoms with Crippen LogP contribution < -0.4 is 5.32 Å². The number of morpholine rings is 1. The molecule has 1 fully saturated rings. The Morgan fingerprint density at radius 3 is 2.33 bits per heavy atom. The first kappa shape index (κ1) is 19.6. The summed E-state index contributed by atoms with van der Waals surface area (Å²) in [5.74, 6) is 0.0816. The number of rotatable bonds is 5. The molecule has 6 heteroatoms. The molecule has 1 aliphatic heterocycles. The normalized spacial score (nSPS) is 20.1. The molecule has 1 amide bonds. The first-order valence-corrected chi connectivity index (χ1v) is 9.58. The smallest absolute Gasteiger partial charge is 0.254 e. The summed E-state index contributed by atoms with van der Waals surface area (Å²) in [5, 5.41) is 7.92. The number of carbonyl (C=O) groups excluding carboxylic acids is 1. The van der Waals surface area contributed by atoms with Crippen molar-refractivity contribution in [2.45, 2.75) is 53.0 Å². The van der Waals surface area contributed by atoms with Crippen molar-refractivity contribution < 1.29 is 9.53 Å². The second-order valence-electron chi connectivity index (χ2n) is 7.54. The van der Waals surface area contributed by atoms with Crippen molar-refractivity contribution >= 4 is 5.91 Å². The van der Waals surface area contributed by atoms with Gasteiger partial charge >= 0.3 is 0 Å². The first-order chi connectivity index (χ1) is 12.8. The van der Waals surface area contributed by atoms with Crippen LogP contribution in [0.3, 0.4) is 0 Å². The fourth-order valence-corrected chi connectivity index (χ4v) is 3.70. The van der Waals surface area contributed by atoms with Gasteiger partial charge in [0.15, 0.2) is 0 Å². The van der Waals surface area contributed by atoms with E-state index in [-0.39, 0.29) is 18.1 Å². The maximum absolute atomic E-state index is 12.7. The Bertz CT molecular complexity index is 787. The predicted molar refractivity (Wildman–Crippen MR) is 106 cm³/mol. The predicted octanol–water partition coefficient (Wildman–Crippen LogP) is 2.58. The van der Waals surface area contributed by atoms with E-state index in [0.717, 1.165) is 29.9 Å². The third-order valence-electron chi connectivity index (χ3n) is 5.20. The fraction of sp³-hybridized carbons (Fsp3) is 0.524. The Balaban J connectivity index is 1.56. The van der Waals surface area contributed by atoms with Gasteiger partial charge < -0.3 is 15.0 Å². The number of aryl methyl sites for hydroxylation is 2. The molecule has 1 aromatic carbocycles. The lowest BCUT2D eigenvalue weighted by molar-refractivity contribution is -0.0586. The van der Waals surface area contributed by atoms with E-state index in [1.165, 1.54) is 11.3 Å². The summed E-state index contributed by atoms with van der Waals surface area (Å²) in [7, 11) is 1.97. The summed E-state index contributed by atoms with van der Waals surface area (Å²) in [5.41, 5.74) is 5.40. The first-order valence-electron chi connectivity index (χ1n) is 9.58. The zero-order valence-corrected chi connectivity index (χ0v) is 17.0. The highest BCUT2D eigenvalue weighted by molar-refractivity contribution is 5.94. The molecule has 6 nitrogen and oxygen atoms in total. The van der Waals surface area contributed by atoms with Gasteiger partial charge in [-0.15, -0.1) is 0 Å². The molecular formula is C21H30N4O2. The van der Waals surface area contributed by atoms with Crippen LogP contribution in [-0.4, -0.2) is 45.9 Å². The van der Waals surface area contributed by atoms with Gasteiger partial charge in [-0.3, -0.25) is 9.48 Å². The Kier molecular flexibility index (Phi) is 5.97. The lowest BCUT2D eigenvalue weighted by Crippen LogP contribution is -2.48. The van der Waals surface area contributed by atoms with Crippen molar-refractivity contribution in [1.82, 2.24) is 20.0 Å². The summed E-state index contributed by atoms with van der Waals surface area (Å²) in [6, 6.07) is 7.89. The molecule has 2 aromatic rings. The maximum atomic E-state index is 12.7. The lowest BCUT2D eigenvalue weighted by atomic mass is 10.1. The zero-order valence-electron chi connectivity index (χ0n) is 17.0. The van der Waals surface area contributed by atoms with Gasteiger partial charge in [0, 0.05) is 50.0 Å². The molecule has 1 saturated heterocycles. The van der Waals surface area contributed by atoms with Crippen molar-refractivity contribution in [3.05, 3.63) is 52.3 Å². The van der Waals surface area contributed by atoms with E-state index in [2.05, 4.69) is 17.3 Å².